The summed E-state index contributed by atoms with van der Waals surface area (Å²) in [6.07, 6.45) is 34.0. The van der Waals surface area contributed by atoms with Gasteiger partial charge in [0.05, 0.1) is 0 Å². The van der Waals surface area contributed by atoms with Crippen LogP contribution in [0.2, 0.25) is 27.7 Å². The summed E-state index contributed by atoms with van der Waals surface area (Å²) in [5.74, 6) is 0. The van der Waals surface area contributed by atoms with Gasteiger partial charge in [-0.25, -0.2) is 0 Å². The van der Waals surface area contributed by atoms with Gasteiger partial charge in [-0.05, 0) is 91.9 Å². The largest absolute Gasteiger partial charge is 0.420 e. The fraction of sp³-hybridized carbons (Fsp3) is 1.00. The highest BCUT2D eigenvalue weighted by Gasteiger charge is 2.46. The van der Waals surface area contributed by atoms with Gasteiger partial charge in [0.1, 0.15) is 0 Å². The molecule has 0 unspecified atom stereocenters. The fourth-order valence-corrected chi connectivity index (χ4v) is 32.4. The molecule has 0 aromatic heterocycles. The smallest absolute Gasteiger partial charge is 0.306 e. The van der Waals surface area contributed by atoms with Crippen molar-refractivity contribution in [1.82, 2.24) is 0 Å². The Morgan fingerprint density at radius 1 is 0.225 bits per heavy atom. The molecular formula is C30H60O5Si5. The molecule has 0 bridgehead atoms. The van der Waals surface area contributed by atoms with Crippen LogP contribution in [0.15, 0.2) is 0 Å². The van der Waals surface area contributed by atoms with Crippen molar-refractivity contribution in [1.29, 1.82) is 0 Å². The molecule has 1 aliphatic heterocycles. The lowest BCUT2D eigenvalue weighted by Gasteiger charge is -2.44. The van der Waals surface area contributed by atoms with E-state index in [0.29, 0.717) is 27.7 Å². The fourth-order valence-electron chi connectivity index (χ4n) is 8.96. The zero-order valence-corrected chi connectivity index (χ0v) is 31.3. The van der Waals surface area contributed by atoms with Gasteiger partial charge in [0, 0.05) is 0 Å². The maximum Gasteiger partial charge on any atom is 0.306 e. The molecule has 0 atom stereocenters. The van der Waals surface area contributed by atoms with Gasteiger partial charge < -0.3 is 20.6 Å². The van der Waals surface area contributed by atoms with Crippen LogP contribution in [0.1, 0.15) is 161 Å². The van der Waals surface area contributed by atoms with Crippen molar-refractivity contribution in [3.63, 3.8) is 0 Å². The first-order valence-electron chi connectivity index (χ1n) is 18.1. The summed E-state index contributed by atoms with van der Waals surface area (Å²) in [4.78, 5) is 0. The Morgan fingerprint density at radius 3 is 0.525 bits per heavy atom. The standard InChI is InChI=1S/C30H60O5Si5/c1-6-16-26(17-7-1)36-31-37(27-18-8-2-9-19-27)33-39(29-22-12-4-13-23-29)35-40(30-24-14-5-15-25-30)34-38(32-36)28-20-10-3-11-21-28/h26-30,36-40H,1-25H2. The highest BCUT2D eigenvalue weighted by Crippen LogP contribution is 2.43. The third-order valence-electron chi connectivity index (χ3n) is 11.5. The molecule has 0 N–H and O–H groups in total. The van der Waals surface area contributed by atoms with Gasteiger partial charge in [-0.15, -0.1) is 0 Å². The second-order valence-corrected chi connectivity index (χ2v) is 28.4. The predicted molar refractivity (Wildman–Crippen MR) is 175 cm³/mol. The van der Waals surface area contributed by atoms with Gasteiger partial charge in [0.15, 0.2) is 0 Å². The van der Waals surface area contributed by atoms with E-state index in [1.807, 2.05) is 0 Å². The zero-order valence-electron chi connectivity index (χ0n) is 25.5. The molecule has 1 heterocycles. The minimum absolute atomic E-state index is 0.683. The molecule has 0 radical (unpaired) electrons. The van der Waals surface area contributed by atoms with E-state index >= 15 is 0 Å². The van der Waals surface area contributed by atoms with Crippen LogP contribution in [-0.2, 0) is 20.6 Å². The van der Waals surface area contributed by atoms with Crippen LogP contribution in [0.4, 0.5) is 0 Å². The van der Waals surface area contributed by atoms with E-state index in [4.69, 9.17) is 20.6 Å². The minimum Gasteiger partial charge on any atom is -0.420 e. The Kier molecular flexibility index (Phi) is 12.6. The lowest BCUT2D eigenvalue weighted by atomic mass is 10.0. The molecular weight excluding hydrogens is 581 g/mol. The molecule has 5 nitrogen and oxygen atoms in total. The monoisotopic (exact) mass is 640 g/mol. The highest BCUT2D eigenvalue weighted by atomic mass is 28.5. The quantitative estimate of drug-likeness (QED) is 0.286. The molecule has 0 aromatic rings. The molecule has 1 saturated heterocycles. The van der Waals surface area contributed by atoms with Crippen molar-refractivity contribution in [2.24, 2.45) is 0 Å². The minimum atomic E-state index is -1.87. The van der Waals surface area contributed by atoms with E-state index in [0.717, 1.165) is 0 Å². The third-order valence-corrected chi connectivity index (χ3v) is 29.4. The Balaban J connectivity index is 1.32. The summed E-state index contributed by atoms with van der Waals surface area (Å²) in [7, 11) is -9.33. The maximum atomic E-state index is 7.49. The summed E-state index contributed by atoms with van der Waals surface area (Å²) in [6.45, 7) is 0. The van der Waals surface area contributed by atoms with Crippen molar-refractivity contribution in [3.8, 4) is 0 Å². The van der Waals surface area contributed by atoms with Crippen LogP contribution in [0.5, 0.6) is 0 Å². The first kappa shape index (κ1) is 30.9. The van der Waals surface area contributed by atoms with Crippen molar-refractivity contribution < 1.29 is 20.6 Å². The highest BCUT2D eigenvalue weighted by molar-refractivity contribution is 6.75. The van der Waals surface area contributed by atoms with Crippen LogP contribution in [0.3, 0.4) is 0 Å². The van der Waals surface area contributed by atoms with Crippen molar-refractivity contribution in [2.45, 2.75) is 188 Å². The average molecular weight is 641 g/mol. The van der Waals surface area contributed by atoms with Crippen molar-refractivity contribution >= 4 is 46.4 Å². The van der Waals surface area contributed by atoms with E-state index in [1.165, 1.54) is 161 Å². The van der Waals surface area contributed by atoms with Crippen LogP contribution in [0.25, 0.3) is 0 Å². The van der Waals surface area contributed by atoms with Crippen LogP contribution in [0, 0.1) is 0 Å². The number of rotatable bonds is 5. The number of hydrogen-bond acceptors (Lipinski definition) is 5. The van der Waals surface area contributed by atoms with Crippen molar-refractivity contribution in [2.75, 3.05) is 0 Å². The SMILES string of the molecule is C1CCC([SiH]2O[SiH](C3CCCCC3)O[SiH](C3CCCCC3)O[SiH](C3CCCCC3)O[SiH](C3CCCCC3)O2)CC1. The lowest BCUT2D eigenvalue weighted by molar-refractivity contribution is 0.232. The van der Waals surface area contributed by atoms with E-state index in [2.05, 4.69) is 0 Å². The lowest BCUT2D eigenvalue weighted by Crippen LogP contribution is -2.54. The summed E-state index contributed by atoms with van der Waals surface area (Å²) in [5.41, 5.74) is 3.42. The zero-order chi connectivity index (χ0) is 27.0. The van der Waals surface area contributed by atoms with Crippen LogP contribution < -0.4 is 0 Å². The van der Waals surface area contributed by atoms with E-state index < -0.39 is 46.4 Å². The second-order valence-electron chi connectivity index (χ2n) is 14.5. The van der Waals surface area contributed by atoms with Crippen LogP contribution >= 0.6 is 0 Å². The molecule has 6 aliphatic rings. The van der Waals surface area contributed by atoms with Gasteiger partial charge in [0.25, 0.3) is 0 Å². The molecule has 5 aliphatic carbocycles. The molecule has 0 spiro atoms. The van der Waals surface area contributed by atoms with Gasteiger partial charge in [0.2, 0.25) is 0 Å². The van der Waals surface area contributed by atoms with Crippen LogP contribution in [-0.4, -0.2) is 46.4 Å². The Hall–Kier alpha value is 0.884. The van der Waals surface area contributed by atoms with E-state index in [-0.39, 0.29) is 0 Å². The number of hydrogen-bond donors (Lipinski definition) is 0. The van der Waals surface area contributed by atoms with E-state index in [1.54, 1.807) is 0 Å². The molecule has 230 valence electrons. The summed E-state index contributed by atoms with van der Waals surface area (Å²) in [6, 6.07) is 0. The molecule has 0 aromatic carbocycles. The molecule has 6 fully saturated rings. The molecule has 40 heavy (non-hydrogen) atoms. The van der Waals surface area contributed by atoms with Gasteiger partial charge in [-0.2, -0.15) is 0 Å². The predicted octanol–water partition coefficient (Wildman–Crippen LogP) is 7.86. The first-order valence-corrected chi connectivity index (χ1v) is 26.2. The molecule has 5 saturated carbocycles. The summed E-state index contributed by atoms with van der Waals surface area (Å²) >= 11 is 0. The second kappa shape index (κ2) is 16.3. The maximum absolute atomic E-state index is 7.49. The average Bonchev–Trinajstić information content (AvgIpc) is 3.04. The molecule has 10 heteroatoms. The van der Waals surface area contributed by atoms with Crippen molar-refractivity contribution in [3.05, 3.63) is 0 Å². The molecule has 6 rings (SSSR count). The summed E-state index contributed by atoms with van der Waals surface area (Å²) < 4.78 is 37.4. The third kappa shape index (κ3) is 8.53. The Morgan fingerprint density at radius 2 is 0.375 bits per heavy atom. The molecule has 0 amide bonds. The van der Waals surface area contributed by atoms with Gasteiger partial charge >= 0.3 is 46.4 Å². The first-order chi connectivity index (χ1) is 19.8. The van der Waals surface area contributed by atoms with Gasteiger partial charge in [-0.3, -0.25) is 0 Å². The topological polar surface area (TPSA) is 46.2 Å². The Labute approximate surface area is 254 Å². The van der Waals surface area contributed by atoms with Gasteiger partial charge in [-0.1, -0.05) is 96.3 Å². The Bertz CT molecular complexity index is 572. The van der Waals surface area contributed by atoms with E-state index in [9.17, 15) is 0 Å². The normalized spacial score (nSPS) is 38.2. The summed E-state index contributed by atoms with van der Waals surface area (Å²) in [5, 5.41) is 0.